The Morgan fingerprint density at radius 2 is 1.90 bits per heavy atom. The van der Waals surface area contributed by atoms with E-state index in [-0.39, 0.29) is 0 Å². The number of hydrogen-bond donors (Lipinski definition) is 1. The smallest absolute Gasteiger partial charge is 0.0406 e. The van der Waals surface area contributed by atoms with Crippen molar-refractivity contribution in [3.8, 4) is 0 Å². The second kappa shape index (κ2) is 7.51. The van der Waals surface area contributed by atoms with Gasteiger partial charge in [0.1, 0.15) is 0 Å². The lowest BCUT2D eigenvalue weighted by Crippen LogP contribution is -2.21. The standard InChI is InChI=1S/C17H23ClN2/c1-3-11-20-12-5-6-16(20)13-19-17(4-2)14-7-9-15(18)10-8-14/h5-10,12,17,19H,3-4,11,13H2,1-2H3. The van der Waals surface area contributed by atoms with E-state index < -0.39 is 0 Å². The SMILES string of the molecule is CCCn1cccc1CNC(CC)c1ccc(Cl)cc1. The Hall–Kier alpha value is -1.25. The summed E-state index contributed by atoms with van der Waals surface area (Å²) in [5, 5.41) is 4.43. The van der Waals surface area contributed by atoms with Gasteiger partial charge in [0.05, 0.1) is 0 Å². The second-order valence-electron chi connectivity index (χ2n) is 5.09. The van der Waals surface area contributed by atoms with Crippen LogP contribution in [0.3, 0.4) is 0 Å². The maximum atomic E-state index is 5.95. The number of nitrogens with zero attached hydrogens (tertiary/aromatic N) is 1. The molecule has 0 amide bonds. The Bertz CT molecular complexity index is 516. The van der Waals surface area contributed by atoms with Crippen LogP contribution in [0.15, 0.2) is 42.6 Å². The van der Waals surface area contributed by atoms with Gasteiger partial charge in [-0.05, 0) is 42.7 Å². The summed E-state index contributed by atoms with van der Waals surface area (Å²) in [6, 6.07) is 12.8. The predicted molar refractivity (Wildman–Crippen MR) is 86.0 cm³/mol. The summed E-state index contributed by atoms with van der Waals surface area (Å²) in [4.78, 5) is 0. The number of benzene rings is 1. The molecule has 1 aromatic carbocycles. The van der Waals surface area contributed by atoms with Crippen LogP contribution in [-0.4, -0.2) is 4.57 Å². The van der Waals surface area contributed by atoms with Crippen LogP contribution < -0.4 is 5.32 Å². The fraction of sp³-hybridized carbons (Fsp3) is 0.412. The number of hydrogen-bond acceptors (Lipinski definition) is 1. The largest absolute Gasteiger partial charge is 0.350 e. The first-order chi connectivity index (χ1) is 9.74. The van der Waals surface area contributed by atoms with Crippen LogP contribution >= 0.6 is 11.6 Å². The van der Waals surface area contributed by atoms with Crippen molar-refractivity contribution in [3.63, 3.8) is 0 Å². The Morgan fingerprint density at radius 3 is 2.55 bits per heavy atom. The minimum Gasteiger partial charge on any atom is -0.350 e. The normalized spacial score (nSPS) is 12.6. The van der Waals surface area contributed by atoms with Gasteiger partial charge in [-0.2, -0.15) is 0 Å². The summed E-state index contributed by atoms with van der Waals surface area (Å²) in [5.74, 6) is 0. The van der Waals surface area contributed by atoms with Crippen LogP contribution in [0.5, 0.6) is 0 Å². The zero-order chi connectivity index (χ0) is 14.4. The maximum absolute atomic E-state index is 5.95. The van der Waals surface area contributed by atoms with Gasteiger partial charge in [-0.3, -0.25) is 0 Å². The zero-order valence-corrected chi connectivity index (χ0v) is 13.0. The van der Waals surface area contributed by atoms with E-state index in [0.29, 0.717) is 6.04 Å². The van der Waals surface area contributed by atoms with E-state index in [2.05, 4.69) is 54.2 Å². The molecule has 2 aromatic rings. The molecular weight excluding hydrogens is 268 g/mol. The molecular formula is C17H23ClN2. The summed E-state index contributed by atoms with van der Waals surface area (Å²) in [6.07, 6.45) is 4.38. The van der Waals surface area contributed by atoms with Crippen molar-refractivity contribution in [3.05, 3.63) is 58.9 Å². The molecule has 0 bridgehead atoms. The number of aromatic nitrogens is 1. The molecule has 3 heteroatoms. The van der Waals surface area contributed by atoms with Crippen molar-refractivity contribution >= 4 is 11.6 Å². The molecule has 0 spiro atoms. The molecule has 1 unspecified atom stereocenters. The highest BCUT2D eigenvalue weighted by molar-refractivity contribution is 6.30. The summed E-state index contributed by atoms with van der Waals surface area (Å²) < 4.78 is 2.32. The Kier molecular flexibility index (Phi) is 5.69. The van der Waals surface area contributed by atoms with E-state index in [1.165, 1.54) is 11.3 Å². The number of aryl methyl sites for hydroxylation is 1. The average molecular weight is 291 g/mol. The minimum absolute atomic E-state index is 0.372. The maximum Gasteiger partial charge on any atom is 0.0406 e. The van der Waals surface area contributed by atoms with Gasteiger partial charge in [0, 0.05) is 36.0 Å². The monoisotopic (exact) mass is 290 g/mol. The molecule has 1 atom stereocenters. The zero-order valence-electron chi connectivity index (χ0n) is 12.3. The second-order valence-corrected chi connectivity index (χ2v) is 5.52. The fourth-order valence-corrected chi connectivity index (χ4v) is 2.62. The molecule has 2 rings (SSSR count). The number of nitrogens with one attached hydrogen (secondary N) is 1. The van der Waals surface area contributed by atoms with E-state index in [9.17, 15) is 0 Å². The van der Waals surface area contributed by atoms with E-state index in [0.717, 1.165) is 31.0 Å². The third kappa shape index (κ3) is 3.87. The molecule has 1 N–H and O–H groups in total. The molecule has 20 heavy (non-hydrogen) atoms. The first-order valence-corrected chi connectivity index (χ1v) is 7.75. The van der Waals surface area contributed by atoms with Gasteiger partial charge in [0.25, 0.3) is 0 Å². The van der Waals surface area contributed by atoms with Crippen LogP contribution in [-0.2, 0) is 13.1 Å². The molecule has 1 heterocycles. The van der Waals surface area contributed by atoms with Crippen LogP contribution in [0, 0.1) is 0 Å². The van der Waals surface area contributed by atoms with Gasteiger partial charge in [0.2, 0.25) is 0 Å². The minimum atomic E-state index is 0.372. The lowest BCUT2D eigenvalue weighted by Gasteiger charge is -2.18. The highest BCUT2D eigenvalue weighted by Gasteiger charge is 2.09. The number of halogens is 1. The van der Waals surface area contributed by atoms with E-state index in [4.69, 9.17) is 11.6 Å². The third-order valence-corrected chi connectivity index (χ3v) is 3.85. The van der Waals surface area contributed by atoms with E-state index in [1.54, 1.807) is 0 Å². The Morgan fingerprint density at radius 1 is 1.15 bits per heavy atom. The molecule has 0 saturated heterocycles. The molecule has 0 saturated carbocycles. The molecule has 0 radical (unpaired) electrons. The highest BCUT2D eigenvalue weighted by Crippen LogP contribution is 2.19. The summed E-state index contributed by atoms with van der Waals surface area (Å²) in [6.45, 7) is 6.40. The lowest BCUT2D eigenvalue weighted by atomic mass is 10.0. The molecule has 0 aliphatic carbocycles. The summed E-state index contributed by atoms with van der Waals surface area (Å²) in [5.41, 5.74) is 2.64. The average Bonchev–Trinajstić information content (AvgIpc) is 2.89. The number of rotatable bonds is 7. The van der Waals surface area contributed by atoms with Crippen LogP contribution in [0.1, 0.15) is 44.0 Å². The van der Waals surface area contributed by atoms with Gasteiger partial charge < -0.3 is 9.88 Å². The predicted octanol–water partition coefficient (Wildman–Crippen LogP) is 4.79. The van der Waals surface area contributed by atoms with Crippen molar-refractivity contribution in [1.82, 2.24) is 9.88 Å². The highest BCUT2D eigenvalue weighted by atomic mass is 35.5. The Labute approximate surface area is 126 Å². The van der Waals surface area contributed by atoms with E-state index >= 15 is 0 Å². The van der Waals surface area contributed by atoms with Crippen molar-refractivity contribution in [2.24, 2.45) is 0 Å². The summed E-state index contributed by atoms with van der Waals surface area (Å²) >= 11 is 5.95. The van der Waals surface area contributed by atoms with Gasteiger partial charge in [-0.15, -0.1) is 0 Å². The fourth-order valence-electron chi connectivity index (χ4n) is 2.49. The molecule has 2 nitrogen and oxygen atoms in total. The van der Waals surface area contributed by atoms with Crippen molar-refractivity contribution in [1.29, 1.82) is 0 Å². The van der Waals surface area contributed by atoms with Crippen LogP contribution in [0.2, 0.25) is 5.02 Å². The van der Waals surface area contributed by atoms with Gasteiger partial charge in [-0.25, -0.2) is 0 Å². The van der Waals surface area contributed by atoms with Gasteiger partial charge >= 0.3 is 0 Å². The molecule has 108 valence electrons. The van der Waals surface area contributed by atoms with Crippen LogP contribution in [0.25, 0.3) is 0 Å². The van der Waals surface area contributed by atoms with Crippen molar-refractivity contribution < 1.29 is 0 Å². The lowest BCUT2D eigenvalue weighted by molar-refractivity contribution is 0.500. The quantitative estimate of drug-likeness (QED) is 0.775. The third-order valence-electron chi connectivity index (χ3n) is 3.60. The van der Waals surface area contributed by atoms with E-state index in [1.807, 2.05) is 12.1 Å². The molecule has 0 fully saturated rings. The topological polar surface area (TPSA) is 17.0 Å². The molecule has 0 aliphatic rings. The van der Waals surface area contributed by atoms with Gasteiger partial charge in [-0.1, -0.05) is 37.6 Å². The van der Waals surface area contributed by atoms with Gasteiger partial charge in [0.15, 0.2) is 0 Å². The first kappa shape index (κ1) is 15.1. The summed E-state index contributed by atoms with van der Waals surface area (Å²) in [7, 11) is 0. The first-order valence-electron chi connectivity index (χ1n) is 7.37. The van der Waals surface area contributed by atoms with Crippen molar-refractivity contribution in [2.45, 2.75) is 45.8 Å². The van der Waals surface area contributed by atoms with Crippen LogP contribution in [0.4, 0.5) is 0 Å². The molecule has 0 aliphatic heterocycles. The van der Waals surface area contributed by atoms with Crippen molar-refractivity contribution in [2.75, 3.05) is 0 Å². The Balaban J connectivity index is 2.00. The molecule has 1 aromatic heterocycles.